The second-order valence-electron chi connectivity index (χ2n) is 3.77. The third-order valence-electron chi connectivity index (χ3n) is 2.19. The number of rotatable bonds is 3. The smallest absolute Gasteiger partial charge is 0.151 e. The average molecular weight is 280 g/mol. The molecule has 7 heteroatoms. The number of nitrogens with one attached hydrogen (secondary N) is 1. The van der Waals surface area contributed by atoms with Gasteiger partial charge in [-0.3, -0.25) is 0 Å². The summed E-state index contributed by atoms with van der Waals surface area (Å²) in [6.07, 6.45) is 1.40. The molecule has 0 aliphatic carbocycles. The maximum atomic E-state index is 13.1. The Bertz CT molecular complexity index is 625. The van der Waals surface area contributed by atoms with Crippen molar-refractivity contribution in [1.29, 1.82) is 5.41 Å². The van der Waals surface area contributed by atoms with E-state index in [2.05, 4.69) is 9.97 Å². The summed E-state index contributed by atoms with van der Waals surface area (Å²) in [6, 6.07) is 3.19. The summed E-state index contributed by atoms with van der Waals surface area (Å²) >= 11 is 1.05. The van der Waals surface area contributed by atoms with Gasteiger partial charge in [-0.1, -0.05) is 11.8 Å². The molecule has 3 N–H and O–H groups in total. The van der Waals surface area contributed by atoms with Gasteiger partial charge in [0.15, 0.2) is 5.82 Å². The monoisotopic (exact) mass is 280 g/mol. The molecule has 0 unspecified atom stereocenters. The molecule has 2 aromatic rings. The highest BCUT2D eigenvalue weighted by molar-refractivity contribution is 7.99. The molecule has 0 aliphatic heterocycles. The molecule has 1 aromatic heterocycles. The van der Waals surface area contributed by atoms with Gasteiger partial charge in [0, 0.05) is 11.0 Å². The third-order valence-corrected chi connectivity index (χ3v) is 3.07. The van der Waals surface area contributed by atoms with E-state index in [1.54, 1.807) is 0 Å². The van der Waals surface area contributed by atoms with Crippen LogP contribution in [0.3, 0.4) is 0 Å². The maximum Gasteiger partial charge on any atom is 0.151 e. The fraction of sp³-hybridized carbons (Fsp3) is 0.0833. The van der Waals surface area contributed by atoms with Crippen molar-refractivity contribution >= 4 is 23.3 Å². The Hall–Kier alpha value is -2.02. The predicted octanol–water partition coefficient (Wildman–Crippen LogP) is 2.88. The van der Waals surface area contributed by atoms with Gasteiger partial charge >= 0.3 is 0 Å². The molecule has 4 nitrogen and oxygen atoms in total. The zero-order valence-electron chi connectivity index (χ0n) is 9.95. The zero-order chi connectivity index (χ0) is 14.0. The maximum absolute atomic E-state index is 13.1. The Morgan fingerprint density at radius 1 is 1.26 bits per heavy atom. The lowest BCUT2D eigenvalue weighted by atomic mass is 10.3. The van der Waals surface area contributed by atoms with Crippen LogP contribution in [-0.4, -0.2) is 15.7 Å². The Morgan fingerprint density at radius 2 is 1.89 bits per heavy atom. The summed E-state index contributed by atoms with van der Waals surface area (Å²) in [5.41, 5.74) is 6.03. The van der Waals surface area contributed by atoms with Crippen molar-refractivity contribution in [3.8, 4) is 0 Å². The van der Waals surface area contributed by atoms with E-state index in [0.29, 0.717) is 9.92 Å². The van der Waals surface area contributed by atoms with Crippen molar-refractivity contribution in [2.75, 3.05) is 5.73 Å². The number of benzene rings is 1. The van der Waals surface area contributed by atoms with Crippen LogP contribution in [0.15, 0.2) is 34.3 Å². The summed E-state index contributed by atoms with van der Waals surface area (Å²) in [4.78, 5) is 8.41. The van der Waals surface area contributed by atoms with Crippen LogP contribution in [0.1, 0.15) is 12.6 Å². The van der Waals surface area contributed by atoms with Crippen LogP contribution < -0.4 is 5.73 Å². The molecule has 0 atom stereocenters. The first-order valence-corrected chi connectivity index (χ1v) is 6.09. The summed E-state index contributed by atoms with van der Waals surface area (Å²) in [5, 5.41) is 7.93. The van der Waals surface area contributed by atoms with Crippen molar-refractivity contribution in [1.82, 2.24) is 9.97 Å². The largest absolute Gasteiger partial charge is 0.382 e. The molecule has 1 heterocycles. The molecule has 1 aromatic carbocycles. The van der Waals surface area contributed by atoms with E-state index in [1.807, 2.05) is 0 Å². The van der Waals surface area contributed by atoms with Gasteiger partial charge in [0.2, 0.25) is 0 Å². The number of nitrogen functional groups attached to an aromatic ring is 1. The van der Waals surface area contributed by atoms with E-state index in [4.69, 9.17) is 11.1 Å². The summed E-state index contributed by atoms with van der Waals surface area (Å²) in [7, 11) is 0. The lowest BCUT2D eigenvalue weighted by Crippen LogP contribution is -2.06. The van der Waals surface area contributed by atoms with Crippen LogP contribution in [0.5, 0.6) is 0 Å². The molecular weight excluding hydrogens is 270 g/mol. The molecule has 0 amide bonds. The first kappa shape index (κ1) is 13.4. The molecule has 0 bridgehead atoms. The van der Waals surface area contributed by atoms with E-state index in [1.165, 1.54) is 25.3 Å². The molecule has 0 aliphatic rings. The fourth-order valence-electron chi connectivity index (χ4n) is 1.42. The van der Waals surface area contributed by atoms with Gasteiger partial charge < -0.3 is 11.1 Å². The number of aromatic nitrogens is 2. The van der Waals surface area contributed by atoms with E-state index >= 15 is 0 Å². The van der Waals surface area contributed by atoms with Gasteiger partial charge in [-0.05, 0) is 19.1 Å². The van der Waals surface area contributed by atoms with Crippen molar-refractivity contribution in [3.63, 3.8) is 0 Å². The van der Waals surface area contributed by atoms with Crippen LogP contribution in [0.2, 0.25) is 0 Å². The minimum atomic E-state index is -0.658. The zero-order valence-corrected chi connectivity index (χ0v) is 10.8. The average Bonchev–Trinajstić information content (AvgIpc) is 2.30. The molecule has 19 heavy (non-hydrogen) atoms. The number of hydrogen-bond acceptors (Lipinski definition) is 5. The van der Waals surface area contributed by atoms with Crippen molar-refractivity contribution in [2.24, 2.45) is 0 Å². The SMILES string of the molecule is CC(=N)c1nc(Sc2cc(F)cc(F)c2)cnc1N. The molecule has 0 fully saturated rings. The van der Waals surface area contributed by atoms with Gasteiger partial charge in [0.1, 0.15) is 22.4 Å². The fourth-order valence-corrected chi connectivity index (χ4v) is 2.24. The predicted molar refractivity (Wildman–Crippen MR) is 69.4 cm³/mol. The molecule has 98 valence electrons. The molecule has 0 radical (unpaired) electrons. The number of anilines is 1. The Balaban J connectivity index is 2.33. The molecular formula is C12H10F2N4S. The van der Waals surface area contributed by atoms with Crippen molar-refractivity contribution < 1.29 is 8.78 Å². The van der Waals surface area contributed by atoms with E-state index < -0.39 is 11.6 Å². The van der Waals surface area contributed by atoms with E-state index in [-0.39, 0.29) is 17.2 Å². The lowest BCUT2D eigenvalue weighted by molar-refractivity contribution is 0.577. The Morgan fingerprint density at radius 3 is 2.47 bits per heavy atom. The van der Waals surface area contributed by atoms with Gasteiger partial charge in [0.05, 0.1) is 11.9 Å². The minimum Gasteiger partial charge on any atom is -0.382 e. The molecule has 0 saturated heterocycles. The quantitative estimate of drug-likeness (QED) is 0.848. The minimum absolute atomic E-state index is 0.155. The van der Waals surface area contributed by atoms with Crippen LogP contribution >= 0.6 is 11.8 Å². The number of halogens is 2. The third kappa shape index (κ3) is 3.25. The number of nitrogens with zero attached hydrogens (tertiary/aromatic N) is 2. The Kier molecular flexibility index (Phi) is 3.75. The van der Waals surface area contributed by atoms with E-state index in [9.17, 15) is 8.78 Å². The summed E-state index contributed by atoms with van der Waals surface area (Å²) in [5.74, 6) is -1.16. The second-order valence-corrected chi connectivity index (χ2v) is 4.87. The normalized spacial score (nSPS) is 10.5. The lowest BCUT2D eigenvalue weighted by Gasteiger charge is -2.05. The highest BCUT2D eigenvalue weighted by Gasteiger charge is 2.09. The van der Waals surface area contributed by atoms with Crippen LogP contribution in [0.25, 0.3) is 0 Å². The number of nitrogens with two attached hydrogens (primary N) is 1. The first-order valence-electron chi connectivity index (χ1n) is 5.27. The number of hydrogen-bond donors (Lipinski definition) is 2. The molecule has 2 rings (SSSR count). The van der Waals surface area contributed by atoms with Gasteiger partial charge in [-0.15, -0.1) is 0 Å². The first-order chi connectivity index (χ1) is 8.95. The van der Waals surface area contributed by atoms with Crippen molar-refractivity contribution in [2.45, 2.75) is 16.8 Å². The summed E-state index contributed by atoms with van der Waals surface area (Å²) < 4.78 is 26.1. The van der Waals surface area contributed by atoms with Crippen LogP contribution in [-0.2, 0) is 0 Å². The topological polar surface area (TPSA) is 75.7 Å². The van der Waals surface area contributed by atoms with Crippen molar-refractivity contribution in [3.05, 3.63) is 41.7 Å². The van der Waals surface area contributed by atoms with Gasteiger partial charge in [0.25, 0.3) is 0 Å². The van der Waals surface area contributed by atoms with Crippen LogP contribution in [0, 0.1) is 17.0 Å². The summed E-state index contributed by atoms with van der Waals surface area (Å²) in [6.45, 7) is 1.54. The highest BCUT2D eigenvalue weighted by atomic mass is 32.2. The van der Waals surface area contributed by atoms with Gasteiger partial charge in [-0.2, -0.15) is 0 Å². The van der Waals surface area contributed by atoms with Crippen LogP contribution in [0.4, 0.5) is 14.6 Å². The Labute approximate surface area is 112 Å². The standard InChI is InChI=1S/C12H10F2N4S/c1-6(15)11-12(16)17-5-10(18-11)19-9-3-7(13)2-8(14)4-9/h2-5,15H,1H3,(H2,16,17). The highest BCUT2D eigenvalue weighted by Crippen LogP contribution is 2.27. The van der Waals surface area contributed by atoms with E-state index in [0.717, 1.165) is 17.8 Å². The molecule has 0 spiro atoms. The second kappa shape index (κ2) is 5.31. The van der Waals surface area contributed by atoms with Gasteiger partial charge in [-0.25, -0.2) is 18.7 Å². The molecule has 0 saturated carbocycles.